The van der Waals surface area contributed by atoms with Crippen LogP contribution in [0.3, 0.4) is 0 Å². The minimum Gasteiger partial charge on any atom is -0.494 e. The van der Waals surface area contributed by atoms with Crippen molar-refractivity contribution in [3.8, 4) is 16.9 Å². The first-order valence-electron chi connectivity index (χ1n) is 14.0. The van der Waals surface area contributed by atoms with Crippen LogP contribution in [-0.4, -0.2) is 19.8 Å². The van der Waals surface area contributed by atoms with Crippen LogP contribution in [0.5, 0.6) is 5.75 Å². The second-order valence-corrected chi connectivity index (χ2v) is 9.91. The average Bonchev–Trinajstić information content (AvgIpc) is 2.91. The van der Waals surface area contributed by atoms with Gasteiger partial charge < -0.3 is 14.2 Å². The fraction of sp³-hybridized carbons (Fsp3) is 0.562. The van der Waals surface area contributed by atoms with Crippen molar-refractivity contribution in [2.45, 2.75) is 90.3 Å². The summed E-state index contributed by atoms with van der Waals surface area (Å²) < 4.78 is 18.0. The molecular formula is C32H46O3. The third-order valence-corrected chi connectivity index (χ3v) is 6.87. The normalized spacial score (nSPS) is 17.9. The summed E-state index contributed by atoms with van der Waals surface area (Å²) >= 11 is 0. The molecule has 0 amide bonds. The van der Waals surface area contributed by atoms with Gasteiger partial charge in [-0.2, -0.15) is 0 Å². The van der Waals surface area contributed by atoms with Gasteiger partial charge in [0.15, 0.2) is 6.29 Å². The van der Waals surface area contributed by atoms with Gasteiger partial charge in [-0.25, -0.2) is 0 Å². The van der Waals surface area contributed by atoms with Gasteiger partial charge in [-0.1, -0.05) is 101 Å². The van der Waals surface area contributed by atoms with Crippen molar-refractivity contribution in [1.82, 2.24) is 0 Å². The minimum atomic E-state index is -0.239. The number of hydrogen-bond acceptors (Lipinski definition) is 3. The van der Waals surface area contributed by atoms with Gasteiger partial charge >= 0.3 is 0 Å². The van der Waals surface area contributed by atoms with Crippen molar-refractivity contribution in [3.05, 3.63) is 66.7 Å². The third kappa shape index (κ3) is 10.2. The molecule has 0 atom stereocenters. The van der Waals surface area contributed by atoms with Gasteiger partial charge in [0.1, 0.15) is 5.75 Å². The number of rotatable bonds is 17. The first kappa shape index (κ1) is 27.5. The molecule has 0 radical (unpaired) electrons. The Balaban J connectivity index is 1.35. The van der Waals surface area contributed by atoms with Crippen LogP contribution in [0.1, 0.15) is 95.8 Å². The Labute approximate surface area is 213 Å². The molecule has 0 unspecified atom stereocenters. The molecule has 1 aliphatic heterocycles. The summed E-state index contributed by atoms with van der Waals surface area (Å²) in [5.41, 5.74) is 3.48. The van der Waals surface area contributed by atoms with E-state index in [1.54, 1.807) is 0 Å². The summed E-state index contributed by atoms with van der Waals surface area (Å²) in [4.78, 5) is 0. The molecule has 2 aromatic carbocycles. The molecule has 192 valence electrons. The van der Waals surface area contributed by atoms with Gasteiger partial charge in [0, 0.05) is 11.5 Å². The lowest BCUT2D eigenvalue weighted by atomic mass is 10.0. The quantitative estimate of drug-likeness (QED) is 0.167. The van der Waals surface area contributed by atoms with Crippen LogP contribution in [0.25, 0.3) is 11.1 Å². The molecule has 1 fully saturated rings. The Morgan fingerprint density at radius 3 is 2.06 bits per heavy atom. The van der Waals surface area contributed by atoms with Gasteiger partial charge in [-0.3, -0.25) is 0 Å². The zero-order chi connectivity index (χ0) is 24.6. The van der Waals surface area contributed by atoms with Crippen LogP contribution < -0.4 is 4.74 Å². The predicted molar refractivity (Wildman–Crippen MR) is 147 cm³/mol. The van der Waals surface area contributed by atoms with E-state index in [0.717, 1.165) is 44.0 Å². The molecule has 3 rings (SSSR count). The molecule has 0 N–H and O–H groups in total. The topological polar surface area (TPSA) is 27.7 Å². The molecule has 1 aliphatic rings. The van der Waals surface area contributed by atoms with Gasteiger partial charge in [-0.05, 0) is 48.9 Å². The zero-order valence-electron chi connectivity index (χ0n) is 21.9. The fourth-order valence-electron chi connectivity index (χ4n) is 4.63. The molecular weight excluding hydrogens is 432 g/mol. The summed E-state index contributed by atoms with van der Waals surface area (Å²) in [6.45, 7) is 8.43. The summed E-state index contributed by atoms with van der Waals surface area (Å²) in [6, 6.07) is 17.0. The average molecular weight is 479 g/mol. The lowest BCUT2D eigenvalue weighted by molar-refractivity contribution is -0.206. The first-order chi connectivity index (χ1) is 17.3. The van der Waals surface area contributed by atoms with Crippen LogP contribution >= 0.6 is 0 Å². The van der Waals surface area contributed by atoms with Gasteiger partial charge in [0.25, 0.3) is 0 Å². The van der Waals surface area contributed by atoms with E-state index in [1.165, 1.54) is 75.3 Å². The Bertz CT molecular complexity index is 804. The molecule has 1 saturated heterocycles. The number of ether oxygens (including phenoxy) is 3. The van der Waals surface area contributed by atoms with Gasteiger partial charge in [0.05, 0.1) is 19.8 Å². The highest BCUT2D eigenvalue weighted by Gasteiger charge is 2.23. The Kier molecular flexibility index (Phi) is 13.0. The second-order valence-electron chi connectivity index (χ2n) is 9.91. The number of benzene rings is 2. The minimum absolute atomic E-state index is 0.239. The summed E-state index contributed by atoms with van der Waals surface area (Å²) in [7, 11) is 0. The standard InChI is InChI=1S/C32H46O3/c1-3-5-7-9-11-13-15-27-25-34-32(35-26-27)30-18-16-28(17-19-30)29-20-22-31(23-21-29)33-24-14-12-10-8-6-4-2/h4,16-23,27,32H,2-3,5-15,24-26H2,1H3. The van der Waals surface area contributed by atoms with E-state index in [-0.39, 0.29) is 6.29 Å². The van der Waals surface area contributed by atoms with Crippen molar-refractivity contribution in [1.29, 1.82) is 0 Å². The maximum atomic E-state index is 6.06. The summed E-state index contributed by atoms with van der Waals surface area (Å²) in [6.07, 6.45) is 16.9. The Morgan fingerprint density at radius 1 is 0.771 bits per heavy atom. The molecule has 0 aromatic heterocycles. The van der Waals surface area contributed by atoms with E-state index in [4.69, 9.17) is 14.2 Å². The van der Waals surface area contributed by atoms with Crippen molar-refractivity contribution in [2.24, 2.45) is 5.92 Å². The lowest BCUT2D eigenvalue weighted by Crippen LogP contribution is -2.27. The van der Waals surface area contributed by atoms with E-state index in [9.17, 15) is 0 Å². The number of hydrogen-bond donors (Lipinski definition) is 0. The number of allylic oxidation sites excluding steroid dienone is 1. The Morgan fingerprint density at radius 2 is 1.37 bits per heavy atom. The zero-order valence-corrected chi connectivity index (χ0v) is 21.9. The first-order valence-corrected chi connectivity index (χ1v) is 14.0. The maximum Gasteiger partial charge on any atom is 0.183 e. The van der Waals surface area contributed by atoms with Crippen molar-refractivity contribution >= 4 is 0 Å². The molecule has 3 nitrogen and oxygen atoms in total. The summed E-state index contributed by atoms with van der Waals surface area (Å²) in [5, 5.41) is 0. The monoisotopic (exact) mass is 478 g/mol. The second kappa shape index (κ2) is 16.5. The van der Waals surface area contributed by atoms with Crippen LogP contribution in [0.2, 0.25) is 0 Å². The SMILES string of the molecule is C=CCCCCCCOc1ccc(-c2ccc(C3OCC(CCCCCCCC)CO3)cc2)cc1. The highest BCUT2D eigenvalue weighted by Crippen LogP contribution is 2.30. The smallest absolute Gasteiger partial charge is 0.183 e. The van der Waals surface area contributed by atoms with E-state index >= 15 is 0 Å². The maximum absolute atomic E-state index is 6.06. The number of unbranched alkanes of at least 4 members (excludes halogenated alkanes) is 9. The van der Waals surface area contributed by atoms with E-state index < -0.39 is 0 Å². The molecule has 0 aliphatic carbocycles. The van der Waals surface area contributed by atoms with Crippen LogP contribution in [0, 0.1) is 5.92 Å². The largest absolute Gasteiger partial charge is 0.494 e. The van der Waals surface area contributed by atoms with E-state index in [0.29, 0.717) is 5.92 Å². The molecule has 35 heavy (non-hydrogen) atoms. The molecule has 0 bridgehead atoms. The predicted octanol–water partition coefficient (Wildman–Crippen LogP) is 9.28. The highest BCUT2D eigenvalue weighted by molar-refractivity contribution is 5.64. The van der Waals surface area contributed by atoms with Crippen LogP contribution in [0.4, 0.5) is 0 Å². The molecule has 0 saturated carbocycles. The van der Waals surface area contributed by atoms with E-state index in [1.807, 2.05) is 6.08 Å². The molecule has 0 spiro atoms. The van der Waals surface area contributed by atoms with Gasteiger partial charge in [-0.15, -0.1) is 6.58 Å². The van der Waals surface area contributed by atoms with Gasteiger partial charge in [0.2, 0.25) is 0 Å². The Hall–Kier alpha value is -2.10. The van der Waals surface area contributed by atoms with Crippen LogP contribution in [-0.2, 0) is 9.47 Å². The lowest BCUT2D eigenvalue weighted by Gasteiger charge is -2.29. The van der Waals surface area contributed by atoms with Crippen molar-refractivity contribution in [2.75, 3.05) is 19.8 Å². The molecule has 1 heterocycles. The van der Waals surface area contributed by atoms with Crippen LogP contribution in [0.15, 0.2) is 61.2 Å². The third-order valence-electron chi connectivity index (χ3n) is 6.87. The fourth-order valence-corrected chi connectivity index (χ4v) is 4.63. The molecule has 3 heteroatoms. The van der Waals surface area contributed by atoms with Crippen molar-refractivity contribution < 1.29 is 14.2 Å². The van der Waals surface area contributed by atoms with Crippen molar-refractivity contribution in [3.63, 3.8) is 0 Å². The highest BCUT2D eigenvalue weighted by atomic mass is 16.7. The van der Waals surface area contributed by atoms with E-state index in [2.05, 4.69) is 62.0 Å². The molecule has 2 aromatic rings. The summed E-state index contributed by atoms with van der Waals surface area (Å²) in [5.74, 6) is 1.48.